The number of amides is 1. The van der Waals surface area contributed by atoms with E-state index in [0.29, 0.717) is 23.0 Å². The summed E-state index contributed by atoms with van der Waals surface area (Å²) < 4.78 is 2.99. The van der Waals surface area contributed by atoms with Crippen LogP contribution in [0.25, 0.3) is 11.0 Å². The first-order valence-electron chi connectivity index (χ1n) is 9.32. The van der Waals surface area contributed by atoms with E-state index in [4.69, 9.17) is 0 Å². The summed E-state index contributed by atoms with van der Waals surface area (Å²) in [6, 6.07) is 0.360. The highest BCUT2D eigenvalue weighted by atomic mass is 16.2. The molecule has 0 radical (unpaired) electrons. The Morgan fingerprint density at radius 1 is 1.20 bits per heavy atom. The highest BCUT2D eigenvalue weighted by Gasteiger charge is 2.35. The largest absolute Gasteiger partial charge is 0.338 e. The second-order valence-corrected chi connectivity index (χ2v) is 7.38. The zero-order valence-electron chi connectivity index (χ0n) is 14.7. The number of hydrogen-bond donors (Lipinski definition) is 0. The van der Waals surface area contributed by atoms with Gasteiger partial charge in [0.05, 0.1) is 6.20 Å². The Kier molecular flexibility index (Phi) is 4.31. The molecule has 2 aliphatic rings. The van der Waals surface area contributed by atoms with Crippen molar-refractivity contribution in [2.24, 2.45) is 13.0 Å². The zero-order chi connectivity index (χ0) is 17.4. The molecule has 2 aromatic heterocycles. The standard InChI is InChI=1S/C18H25N5O2/c1-21-17-14(10-20-21)18(25)22(12-19-17)11-16(24)23-9-5-8-15(23)13-6-3-2-4-7-13/h10,12-13,15H,2-9,11H2,1H3/t15-/m0/s1. The Morgan fingerprint density at radius 2 is 2.00 bits per heavy atom. The minimum absolute atomic E-state index is 0.0419. The average Bonchev–Trinajstić information content (AvgIpc) is 3.26. The second-order valence-electron chi connectivity index (χ2n) is 7.38. The molecule has 1 atom stereocenters. The lowest BCUT2D eigenvalue weighted by Gasteiger charge is -2.34. The molecule has 0 bridgehead atoms. The van der Waals surface area contributed by atoms with Crippen LogP contribution in [0.1, 0.15) is 44.9 Å². The molecule has 25 heavy (non-hydrogen) atoms. The van der Waals surface area contributed by atoms with E-state index < -0.39 is 0 Å². The summed E-state index contributed by atoms with van der Waals surface area (Å²) in [6.07, 6.45) is 11.5. The van der Waals surface area contributed by atoms with E-state index in [1.807, 2.05) is 4.90 Å². The highest BCUT2D eigenvalue weighted by Crippen LogP contribution is 2.34. The molecule has 4 rings (SSSR count). The van der Waals surface area contributed by atoms with Crippen LogP contribution in [0.2, 0.25) is 0 Å². The van der Waals surface area contributed by atoms with Gasteiger partial charge in [0.1, 0.15) is 18.3 Å². The minimum atomic E-state index is -0.195. The molecule has 7 heteroatoms. The molecule has 1 aliphatic carbocycles. The Hall–Kier alpha value is -2.18. The summed E-state index contributed by atoms with van der Waals surface area (Å²) in [6.45, 7) is 0.886. The van der Waals surface area contributed by atoms with Crippen molar-refractivity contribution in [2.75, 3.05) is 6.54 Å². The Labute approximate surface area is 146 Å². The third kappa shape index (κ3) is 2.96. The van der Waals surface area contributed by atoms with Gasteiger partial charge in [-0.1, -0.05) is 19.3 Å². The molecule has 0 spiro atoms. The van der Waals surface area contributed by atoms with Crippen LogP contribution in [0.3, 0.4) is 0 Å². The monoisotopic (exact) mass is 343 g/mol. The molecule has 1 saturated carbocycles. The van der Waals surface area contributed by atoms with Gasteiger partial charge in [0.2, 0.25) is 5.91 Å². The van der Waals surface area contributed by atoms with Crippen LogP contribution in [0, 0.1) is 5.92 Å². The Balaban J connectivity index is 1.53. The summed E-state index contributed by atoms with van der Waals surface area (Å²) in [5, 5.41) is 4.53. The van der Waals surface area contributed by atoms with E-state index in [2.05, 4.69) is 10.1 Å². The van der Waals surface area contributed by atoms with Gasteiger partial charge in [-0.3, -0.25) is 18.8 Å². The molecular weight excluding hydrogens is 318 g/mol. The summed E-state index contributed by atoms with van der Waals surface area (Å²) in [5.41, 5.74) is 0.356. The number of aromatic nitrogens is 4. The first-order valence-corrected chi connectivity index (χ1v) is 9.32. The molecular formula is C18H25N5O2. The van der Waals surface area contributed by atoms with E-state index in [1.165, 1.54) is 49.2 Å². The fraction of sp³-hybridized carbons (Fsp3) is 0.667. The first kappa shape index (κ1) is 16.3. The van der Waals surface area contributed by atoms with Gasteiger partial charge in [-0.05, 0) is 31.6 Å². The van der Waals surface area contributed by atoms with Crippen LogP contribution in [-0.4, -0.2) is 42.7 Å². The fourth-order valence-electron chi connectivity index (χ4n) is 4.53. The lowest BCUT2D eigenvalue weighted by molar-refractivity contribution is -0.133. The van der Waals surface area contributed by atoms with Gasteiger partial charge in [0.15, 0.2) is 5.65 Å². The molecule has 0 N–H and O–H groups in total. The molecule has 1 saturated heterocycles. The summed E-state index contributed by atoms with van der Waals surface area (Å²) in [5.74, 6) is 0.677. The number of fused-ring (bicyclic) bond motifs is 1. The number of nitrogens with zero attached hydrogens (tertiary/aromatic N) is 5. The van der Waals surface area contributed by atoms with Crippen LogP contribution in [0.15, 0.2) is 17.3 Å². The van der Waals surface area contributed by atoms with Gasteiger partial charge in [0.25, 0.3) is 5.56 Å². The number of carbonyl (C=O) groups excluding carboxylic acids is 1. The number of rotatable bonds is 3. The van der Waals surface area contributed by atoms with Crippen LogP contribution in [0.4, 0.5) is 0 Å². The number of carbonyl (C=O) groups is 1. The maximum atomic E-state index is 12.9. The number of likely N-dealkylation sites (tertiary alicyclic amines) is 1. The predicted octanol–water partition coefficient (Wildman–Crippen LogP) is 1.70. The number of aryl methyl sites for hydroxylation is 1. The van der Waals surface area contributed by atoms with Gasteiger partial charge in [0, 0.05) is 19.6 Å². The average molecular weight is 343 g/mol. The van der Waals surface area contributed by atoms with Crippen molar-refractivity contribution in [3.8, 4) is 0 Å². The molecule has 1 aliphatic heterocycles. The lowest BCUT2D eigenvalue weighted by atomic mass is 9.83. The normalized spacial score (nSPS) is 22.0. The molecule has 0 aromatic carbocycles. The second kappa shape index (κ2) is 6.61. The van der Waals surface area contributed by atoms with Gasteiger partial charge in [-0.15, -0.1) is 0 Å². The topological polar surface area (TPSA) is 73.0 Å². The Morgan fingerprint density at radius 3 is 2.80 bits per heavy atom. The summed E-state index contributed by atoms with van der Waals surface area (Å²) in [4.78, 5) is 31.8. The summed E-state index contributed by atoms with van der Waals surface area (Å²) >= 11 is 0. The molecule has 2 aromatic rings. The van der Waals surface area contributed by atoms with Crippen LogP contribution in [0.5, 0.6) is 0 Å². The first-order chi connectivity index (χ1) is 12.1. The molecule has 134 valence electrons. The van der Waals surface area contributed by atoms with Gasteiger partial charge in [-0.2, -0.15) is 5.10 Å². The highest BCUT2D eigenvalue weighted by molar-refractivity contribution is 5.78. The van der Waals surface area contributed by atoms with Crippen LogP contribution in [-0.2, 0) is 18.4 Å². The van der Waals surface area contributed by atoms with Crippen molar-refractivity contribution in [1.82, 2.24) is 24.2 Å². The molecule has 0 unspecified atom stereocenters. The smallest absolute Gasteiger partial charge is 0.264 e. The predicted molar refractivity (Wildman–Crippen MR) is 94.1 cm³/mol. The maximum Gasteiger partial charge on any atom is 0.264 e. The van der Waals surface area contributed by atoms with Gasteiger partial charge < -0.3 is 4.90 Å². The van der Waals surface area contributed by atoms with E-state index in [0.717, 1.165) is 19.4 Å². The minimum Gasteiger partial charge on any atom is -0.338 e. The fourth-order valence-corrected chi connectivity index (χ4v) is 4.53. The number of hydrogen-bond acceptors (Lipinski definition) is 4. The van der Waals surface area contributed by atoms with Crippen molar-refractivity contribution < 1.29 is 4.79 Å². The van der Waals surface area contributed by atoms with E-state index in [9.17, 15) is 9.59 Å². The van der Waals surface area contributed by atoms with Crippen LogP contribution < -0.4 is 5.56 Å². The molecule has 1 amide bonds. The molecule has 2 fully saturated rings. The summed E-state index contributed by atoms with van der Waals surface area (Å²) in [7, 11) is 1.75. The van der Waals surface area contributed by atoms with Gasteiger partial charge >= 0.3 is 0 Å². The SMILES string of the molecule is Cn1ncc2c(=O)n(CC(=O)N3CCC[C@H]3C3CCCCC3)cnc21. The van der Waals surface area contributed by atoms with E-state index >= 15 is 0 Å². The lowest BCUT2D eigenvalue weighted by Crippen LogP contribution is -2.43. The quantitative estimate of drug-likeness (QED) is 0.850. The molecule has 3 heterocycles. The van der Waals surface area contributed by atoms with E-state index in [-0.39, 0.29) is 18.0 Å². The van der Waals surface area contributed by atoms with Crippen molar-refractivity contribution in [1.29, 1.82) is 0 Å². The zero-order valence-corrected chi connectivity index (χ0v) is 14.7. The van der Waals surface area contributed by atoms with E-state index in [1.54, 1.807) is 11.7 Å². The Bertz CT molecular complexity index is 834. The molecule has 7 nitrogen and oxygen atoms in total. The van der Waals surface area contributed by atoms with Crippen LogP contribution >= 0.6 is 0 Å². The third-order valence-corrected chi connectivity index (χ3v) is 5.84. The van der Waals surface area contributed by atoms with Crippen molar-refractivity contribution in [3.05, 3.63) is 22.9 Å². The van der Waals surface area contributed by atoms with Gasteiger partial charge in [-0.25, -0.2) is 4.98 Å². The van der Waals surface area contributed by atoms with Crippen molar-refractivity contribution >= 4 is 16.9 Å². The van der Waals surface area contributed by atoms with Crippen molar-refractivity contribution in [2.45, 2.75) is 57.5 Å². The third-order valence-electron chi connectivity index (χ3n) is 5.84. The maximum absolute atomic E-state index is 12.9. The van der Waals surface area contributed by atoms with Crippen molar-refractivity contribution in [3.63, 3.8) is 0 Å².